The van der Waals surface area contributed by atoms with Crippen molar-refractivity contribution in [1.29, 1.82) is 0 Å². The molecule has 1 N–H and O–H groups in total. The standard InChI is InChI=1S/C22H31NO7/c1-6-7-12-25-14-10-8-13(9-11-14)23-19(24)17-15-16(28-21(2,3)27-15)18-20(26-17)30-22(4,5)29-18/h8-11,15-18,20H,6-7,12H2,1-5H3,(H,23,24)/t15-,16-,17+,18-,20+/m0/s1. The van der Waals surface area contributed by atoms with Crippen molar-refractivity contribution >= 4 is 11.6 Å². The number of ether oxygens (including phenoxy) is 6. The van der Waals surface area contributed by atoms with Crippen LogP contribution < -0.4 is 10.1 Å². The summed E-state index contributed by atoms with van der Waals surface area (Å²) in [6.45, 7) is 10.0. The van der Waals surface area contributed by atoms with Gasteiger partial charge in [0.15, 0.2) is 24.0 Å². The average molecular weight is 421 g/mol. The number of rotatable bonds is 6. The first-order valence-corrected chi connectivity index (χ1v) is 10.6. The first kappa shape index (κ1) is 21.5. The molecule has 0 radical (unpaired) electrons. The third-order valence-electron chi connectivity index (χ3n) is 5.30. The van der Waals surface area contributed by atoms with Crippen molar-refractivity contribution in [2.24, 2.45) is 0 Å². The molecule has 3 fully saturated rings. The van der Waals surface area contributed by atoms with E-state index in [0.29, 0.717) is 12.3 Å². The summed E-state index contributed by atoms with van der Waals surface area (Å²) in [6.07, 6.45) is -1.05. The maximum absolute atomic E-state index is 13.1. The van der Waals surface area contributed by atoms with Gasteiger partial charge in [0, 0.05) is 5.69 Å². The lowest BCUT2D eigenvalue weighted by atomic mass is 9.98. The van der Waals surface area contributed by atoms with Gasteiger partial charge in [-0.3, -0.25) is 4.79 Å². The Morgan fingerprint density at radius 2 is 1.60 bits per heavy atom. The zero-order valence-corrected chi connectivity index (χ0v) is 18.2. The van der Waals surface area contributed by atoms with E-state index < -0.39 is 42.3 Å². The van der Waals surface area contributed by atoms with Crippen LogP contribution >= 0.6 is 0 Å². The molecule has 8 nitrogen and oxygen atoms in total. The smallest absolute Gasteiger partial charge is 0.256 e. The van der Waals surface area contributed by atoms with Gasteiger partial charge in [0.05, 0.1) is 6.61 Å². The predicted octanol–water partition coefficient (Wildman–Crippen LogP) is 3.20. The Kier molecular flexibility index (Phi) is 5.80. The molecule has 0 aromatic heterocycles. The highest BCUT2D eigenvalue weighted by atomic mass is 16.9. The molecule has 3 aliphatic heterocycles. The van der Waals surface area contributed by atoms with E-state index >= 15 is 0 Å². The second-order valence-electron chi connectivity index (χ2n) is 8.81. The van der Waals surface area contributed by atoms with Gasteiger partial charge < -0.3 is 33.7 Å². The first-order chi connectivity index (χ1) is 14.2. The molecule has 1 aromatic carbocycles. The Balaban J connectivity index is 1.45. The van der Waals surface area contributed by atoms with Crippen LogP contribution in [-0.4, -0.2) is 54.8 Å². The number of hydrogen-bond acceptors (Lipinski definition) is 7. The maximum Gasteiger partial charge on any atom is 0.256 e. The summed E-state index contributed by atoms with van der Waals surface area (Å²) in [4.78, 5) is 13.1. The van der Waals surface area contributed by atoms with Gasteiger partial charge in [-0.25, -0.2) is 0 Å². The van der Waals surface area contributed by atoms with Crippen LogP contribution in [0, 0.1) is 0 Å². The summed E-state index contributed by atoms with van der Waals surface area (Å²) in [6, 6.07) is 7.27. The van der Waals surface area contributed by atoms with Gasteiger partial charge in [0.2, 0.25) is 0 Å². The van der Waals surface area contributed by atoms with Crippen LogP contribution in [0.2, 0.25) is 0 Å². The van der Waals surface area contributed by atoms with Crippen molar-refractivity contribution in [3.05, 3.63) is 24.3 Å². The maximum atomic E-state index is 13.1. The van der Waals surface area contributed by atoms with Gasteiger partial charge in [-0.2, -0.15) is 0 Å². The van der Waals surface area contributed by atoms with Crippen LogP contribution in [0.1, 0.15) is 47.5 Å². The second-order valence-corrected chi connectivity index (χ2v) is 8.81. The van der Waals surface area contributed by atoms with E-state index in [0.717, 1.165) is 18.6 Å². The van der Waals surface area contributed by atoms with Crippen molar-refractivity contribution in [3.8, 4) is 5.75 Å². The van der Waals surface area contributed by atoms with E-state index in [9.17, 15) is 4.79 Å². The van der Waals surface area contributed by atoms with Gasteiger partial charge >= 0.3 is 0 Å². The van der Waals surface area contributed by atoms with Crippen LogP contribution in [0.25, 0.3) is 0 Å². The lowest BCUT2D eigenvalue weighted by Gasteiger charge is -2.36. The van der Waals surface area contributed by atoms with Gasteiger partial charge in [0.25, 0.3) is 5.91 Å². The summed E-state index contributed by atoms with van der Waals surface area (Å²) in [5.74, 6) is -1.22. The fraction of sp³-hybridized carbons (Fsp3) is 0.682. The number of amides is 1. The fourth-order valence-electron chi connectivity index (χ4n) is 4.01. The van der Waals surface area contributed by atoms with Crippen LogP contribution in [0.3, 0.4) is 0 Å². The summed E-state index contributed by atoms with van der Waals surface area (Å²) < 4.78 is 35.5. The lowest BCUT2D eigenvalue weighted by molar-refractivity contribution is -0.229. The molecule has 4 rings (SSSR count). The highest BCUT2D eigenvalue weighted by Crippen LogP contribution is 2.44. The molecule has 0 saturated carbocycles. The average Bonchev–Trinajstić information content (AvgIpc) is 3.16. The van der Waals surface area contributed by atoms with E-state index in [1.807, 2.05) is 39.8 Å². The zero-order valence-electron chi connectivity index (χ0n) is 18.2. The Morgan fingerprint density at radius 3 is 2.30 bits per heavy atom. The van der Waals surface area contributed by atoms with Crippen LogP contribution in [0.15, 0.2) is 24.3 Å². The predicted molar refractivity (Wildman–Crippen MR) is 108 cm³/mol. The van der Waals surface area contributed by atoms with E-state index in [1.165, 1.54) is 0 Å². The number of fused-ring (bicyclic) bond motifs is 3. The third kappa shape index (κ3) is 4.48. The molecular formula is C22H31NO7. The Morgan fingerprint density at radius 1 is 0.967 bits per heavy atom. The lowest BCUT2D eigenvalue weighted by Crippen LogP contribution is -2.58. The third-order valence-corrected chi connectivity index (χ3v) is 5.30. The topological polar surface area (TPSA) is 84.5 Å². The summed E-state index contributed by atoms with van der Waals surface area (Å²) in [5, 5.41) is 2.90. The molecule has 166 valence electrons. The monoisotopic (exact) mass is 421 g/mol. The minimum atomic E-state index is -0.893. The molecule has 3 aliphatic rings. The summed E-state index contributed by atoms with van der Waals surface area (Å²) in [7, 11) is 0. The van der Waals surface area contributed by atoms with E-state index in [2.05, 4.69) is 12.2 Å². The Bertz CT molecular complexity index is 763. The number of benzene rings is 1. The fourth-order valence-corrected chi connectivity index (χ4v) is 4.01. The number of nitrogens with one attached hydrogen (secondary N) is 1. The number of hydrogen-bond donors (Lipinski definition) is 1. The van der Waals surface area contributed by atoms with Crippen molar-refractivity contribution in [2.45, 2.75) is 89.7 Å². The number of carbonyl (C=O) groups excluding carboxylic acids is 1. The van der Waals surface area contributed by atoms with Crippen molar-refractivity contribution in [2.75, 3.05) is 11.9 Å². The van der Waals surface area contributed by atoms with Crippen LogP contribution in [0.5, 0.6) is 5.75 Å². The molecule has 1 aromatic rings. The summed E-state index contributed by atoms with van der Waals surface area (Å²) >= 11 is 0. The Labute approximate surface area is 177 Å². The normalized spacial score (nSPS) is 33.6. The van der Waals surface area contributed by atoms with E-state index in [1.54, 1.807) is 12.1 Å². The number of carbonyl (C=O) groups is 1. The van der Waals surface area contributed by atoms with Crippen LogP contribution in [0.4, 0.5) is 5.69 Å². The molecule has 30 heavy (non-hydrogen) atoms. The van der Waals surface area contributed by atoms with Gasteiger partial charge in [-0.05, 0) is 58.4 Å². The molecule has 8 heteroatoms. The molecule has 0 spiro atoms. The van der Waals surface area contributed by atoms with Gasteiger partial charge in [-0.1, -0.05) is 13.3 Å². The highest BCUT2D eigenvalue weighted by Gasteiger charge is 2.62. The number of anilines is 1. The van der Waals surface area contributed by atoms with E-state index in [-0.39, 0.29) is 5.91 Å². The van der Waals surface area contributed by atoms with Crippen LogP contribution in [-0.2, 0) is 28.5 Å². The minimum absolute atomic E-state index is 0.322. The molecule has 5 atom stereocenters. The minimum Gasteiger partial charge on any atom is -0.494 e. The molecule has 0 aliphatic carbocycles. The van der Waals surface area contributed by atoms with Crippen molar-refractivity contribution in [3.63, 3.8) is 0 Å². The number of unbranched alkanes of at least 4 members (excludes halogenated alkanes) is 1. The molecule has 3 heterocycles. The second kappa shape index (κ2) is 8.09. The Hall–Kier alpha value is -1.71. The largest absolute Gasteiger partial charge is 0.494 e. The van der Waals surface area contributed by atoms with E-state index in [4.69, 9.17) is 28.4 Å². The first-order valence-electron chi connectivity index (χ1n) is 10.6. The molecule has 3 saturated heterocycles. The molecule has 0 unspecified atom stereocenters. The molecule has 1 amide bonds. The van der Waals surface area contributed by atoms with Crippen molar-refractivity contribution < 1.29 is 33.2 Å². The molecule has 0 bridgehead atoms. The highest BCUT2D eigenvalue weighted by molar-refractivity contribution is 5.94. The quantitative estimate of drug-likeness (QED) is 0.706. The van der Waals surface area contributed by atoms with Gasteiger partial charge in [-0.15, -0.1) is 0 Å². The van der Waals surface area contributed by atoms with Crippen molar-refractivity contribution in [1.82, 2.24) is 0 Å². The molecular weight excluding hydrogens is 390 g/mol. The van der Waals surface area contributed by atoms with Gasteiger partial charge in [0.1, 0.15) is 24.1 Å². The zero-order chi connectivity index (χ0) is 21.5. The summed E-state index contributed by atoms with van der Waals surface area (Å²) in [5.41, 5.74) is 0.646. The SMILES string of the molecule is CCCCOc1ccc(NC(=O)[C@@H]2O[C@@H]3OC(C)(C)O[C@H]3[C@H]3OC(C)(C)O[C@@H]32)cc1.